The van der Waals surface area contributed by atoms with Crippen molar-refractivity contribution in [1.29, 1.82) is 0 Å². The molecule has 0 fully saturated rings. The quantitative estimate of drug-likeness (QED) is 0.590. The van der Waals surface area contributed by atoms with Gasteiger partial charge >= 0.3 is 0 Å². The smallest absolute Gasteiger partial charge is 0.250 e. The summed E-state index contributed by atoms with van der Waals surface area (Å²) in [6.45, 7) is 0. The number of phenols is 1. The fourth-order valence-corrected chi connectivity index (χ4v) is 2.53. The van der Waals surface area contributed by atoms with Gasteiger partial charge in [-0.05, 0) is 41.8 Å². The minimum Gasteiger partial charge on any atom is -0.508 e. The van der Waals surface area contributed by atoms with Gasteiger partial charge in [-0.1, -0.05) is 18.2 Å². The van der Waals surface area contributed by atoms with Gasteiger partial charge in [0.05, 0.1) is 11.3 Å². The topological polar surface area (TPSA) is 118 Å². The van der Waals surface area contributed by atoms with Crippen molar-refractivity contribution in [2.24, 2.45) is 11.5 Å². The Morgan fingerprint density at radius 3 is 2.38 bits per heavy atom. The summed E-state index contributed by atoms with van der Waals surface area (Å²) in [5.74, 6) is -1.11. The summed E-state index contributed by atoms with van der Waals surface area (Å²) in [5, 5.41) is 14.5. The Morgan fingerprint density at radius 2 is 1.67 bits per heavy atom. The summed E-state index contributed by atoms with van der Waals surface area (Å²) in [5.41, 5.74) is 12.2. The Hall–Kier alpha value is -3.54. The van der Waals surface area contributed by atoms with Crippen molar-refractivity contribution in [3.05, 3.63) is 65.7 Å². The molecule has 3 aromatic carbocycles. The Kier molecular flexibility index (Phi) is 3.79. The van der Waals surface area contributed by atoms with Crippen molar-refractivity contribution in [2.45, 2.75) is 0 Å². The molecule has 0 heterocycles. The summed E-state index contributed by atoms with van der Waals surface area (Å²) < 4.78 is 0. The van der Waals surface area contributed by atoms with E-state index in [1.54, 1.807) is 24.3 Å². The van der Waals surface area contributed by atoms with E-state index in [4.69, 9.17) is 11.5 Å². The van der Waals surface area contributed by atoms with Crippen LogP contribution in [-0.4, -0.2) is 16.9 Å². The van der Waals surface area contributed by atoms with Gasteiger partial charge < -0.3 is 21.9 Å². The largest absolute Gasteiger partial charge is 0.508 e. The minimum absolute atomic E-state index is 0.123. The lowest BCUT2D eigenvalue weighted by Crippen LogP contribution is -2.16. The number of nitrogens with one attached hydrogen (secondary N) is 1. The van der Waals surface area contributed by atoms with Gasteiger partial charge in [0.2, 0.25) is 5.91 Å². The van der Waals surface area contributed by atoms with Gasteiger partial charge in [-0.3, -0.25) is 9.59 Å². The molecule has 0 bridgehead atoms. The van der Waals surface area contributed by atoms with Crippen molar-refractivity contribution >= 4 is 34.0 Å². The molecule has 6 nitrogen and oxygen atoms in total. The summed E-state index contributed by atoms with van der Waals surface area (Å²) in [6.07, 6.45) is 0. The van der Waals surface area contributed by atoms with E-state index in [1.807, 2.05) is 12.1 Å². The summed E-state index contributed by atoms with van der Waals surface area (Å²) in [6, 6.07) is 14.9. The molecule has 0 saturated carbocycles. The molecule has 0 unspecified atom stereocenters. The fraction of sp³-hybridized carbons (Fsp3) is 0. The number of rotatable bonds is 4. The Morgan fingerprint density at radius 1 is 0.875 bits per heavy atom. The predicted molar refractivity (Wildman–Crippen MR) is 92.4 cm³/mol. The van der Waals surface area contributed by atoms with E-state index in [0.717, 1.165) is 10.8 Å². The molecule has 0 aromatic heterocycles. The highest BCUT2D eigenvalue weighted by Gasteiger charge is 2.13. The van der Waals surface area contributed by atoms with E-state index in [0.29, 0.717) is 11.4 Å². The molecule has 0 saturated heterocycles. The van der Waals surface area contributed by atoms with Gasteiger partial charge in [0.1, 0.15) is 5.75 Å². The van der Waals surface area contributed by atoms with Crippen molar-refractivity contribution in [1.82, 2.24) is 0 Å². The average molecular weight is 321 g/mol. The molecule has 6 N–H and O–H groups in total. The molecular formula is C18H15N3O3. The first-order chi connectivity index (χ1) is 11.5. The maximum atomic E-state index is 11.6. The van der Waals surface area contributed by atoms with Gasteiger partial charge in [0.15, 0.2) is 0 Å². The molecule has 0 radical (unpaired) electrons. The van der Waals surface area contributed by atoms with E-state index < -0.39 is 11.8 Å². The molecule has 0 atom stereocenters. The van der Waals surface area contributed by atoms with Crippen LogP contribution in [0.25, 0.3) is 10.8 Å². The van der Waals surface area contributed by atoms with E-state index in [2.05, 4.69) is 5.32 Å². The van der Waals surface area contributed by atoms with Gasteiger partial charge in [-0.2, -0.15) is 0 Å². The first-order valence-corrected chi connectivity index (χ1v) is 7.18. The third kappa shape index (κ3) is 2.85. The molecule has 2 amide bonds. The average Bonchev–Trinajstić information content (AvgIpc) is 2.55. The molecule has 0 aliphatic heterocycles. The number of primary amides is 2. The highest BCUT2D eigenvalue weighted by molar-refractivity contribution is 6.04. The van der Waals surface area contributed by atoms with Gasteiger partial charge in [0.25, 0.3) is 5.91 Å². The van der Waals surface area contributed by atoms with Crippen LogP contribution in [-0.2, 0) is 0 Å². The third-order valence-electron chi connectivity index (χ3n) is 3.70. The van der Waals surface area contributed by atoms with Crippen LogP contribution < -0.4 is 16.8 Å². The predicted octanol–water partition coefficient (Wildman–Crippen LogP) is 2.49. The third-order valence-corrected chi connectivity index (χ3v) is 3.70. The number of anilines is 2. The van der Waals surface area contributed by atoms with E-state index in [9.17, 15) is 14.7 Å². The lowest BCUT2D eigenvalue weighted by molar-refractivity contribution is 0.0989. The van der Waals surface area contributed by atoms with Crippen LogP contribution >= 0.6 is 0 Å². The van der Waals surface area contributed by atoms with Crippen LogP contribution in [0.3, 0.4) is 0 Å². The van der Waals surface area contributed by atoms with Crippen LogP contribution in [0.5, 0.6) is 5.75 Å². The van der Waals surface area contributed by atoms with Crippen LogP contribution in [0.15, 0.2) is 54.6 Å². The number of phenolic OH excluding ortho intramolecular Hbond substituents is 1. The first kappa shape index (κ1) is 15.4. The van der Waals surface area contributed by atoms with Crippen molar-refractivity contribution in [2.75, 3.05) is 5.32 Å². The van der Waals surface area contributed by atoms with Crippen LogP contribution in [0.4, 0.5) is 11.4 Å². The van der Waals surface area contributed by atoms with Crippen LogP contribution in [0.2, 0.25) is 0 Å². The first-order valence-electron chi connectivity index (χ1n) is 7.18. The molecule has 3 rings (SSSR count). The second-order valence-corrected chi connectivity index (χ2v) is 5.32. The van der Waals surface area contributed by atoms with E-state index >= 15 is 0 Å². The minimum atomic E-state index is -0.628. The lowest BCUT2D eigenvalue weighted by Gasteiger charge is -2.13. The zero-order valence-electron chi connectivity index (χ0n) is 12.6. The van der Waals surface area contributed by atoms with Crippen molar-refractivity contribution in [3.63, 3.8) is 0 Å². The Bertz CT molecular complexity index is 967. The molecule has 0 spiro atoms. The monoisotopic (exact) mass is 321 g/mol. The molecule has 24 heavy (non-hydrogen) atoms. The normalized spacial score (nSPS) is 10.5. The van der Waals surface area contributed by atoms with Crippen molar-refractivity contribution < 1.29 is 14.7 Å². The Balaban J connectivity index is 2.14. The standard InChI is InChI=1S/C18H15N3O3/c19-17(23)11-5-7-13(18(20)24)16(8-11)21-15-3-1-2-10-4-6-12(22)9-14(10)15/h1-9,21-22H,(H2,19,23)(H2,20,24). The number of fused-ring (bicyclic) bond motifs is 1. The van der Waals surface area contributed by atoms with E-state index in [1.165, 1.54) is 18.2 Å². The number of amides is 2. The molecule has 120 valence electrons. The summed E-state index contributed by atoms with van der Waals surface area (Å²) >= 11 is 0. The molecule has 0 aliphatic carbocycles. The molecule has 0 aliphatic rings. The highest BCUT2D eigenvalue weighted by Crippen LogP contribution is 2.30. The lowest BCUT2D eigenvalue weighted by atomic mass is 10.1. The molecule has 6 heteroatoms. The number of hydrogen-bond acceptors (Lipinski definition) is 4. The number of hydrogen-bond donors (Lipinski definition) is 4. The van der Waals surface area contributed by atoms with Crippen LogP contribution in [0, 0.1) is 0 Å². The highest BCUT2D eigenvalue weighted by atomic mass is 16.3. The molecular weight excluding hydrogens is 306 g/mol. The number of aromatic hydroxyl groups is 1. The second-order valence-electron chi connectivity index (χ2n) is 5.32. The van der Waals surface area contributed by atoms with Gasteiger partial charge in [-0.15, -0.1) is 0 Å². The zero-order valence-corrected chi connectivity index (χ0v) is 12.6. The summed E-state index contributed by atoms with van der Waals surface area (Å²) in [7, 11) is 0. The maximum Gasteiger partial charge on any atom is 0.250 e. The van der Waals surface area contributed by atoms with Crippen molar-refractivity contribution in [3.8, 4) is 5.75 Å². The second kappa shape index (κ2) is 5.92. The van der Waals surface area contributed by atoms with E-state index in [-0.39, 0.29) is 16.9 Å². The summed E-state index contributed by atoms with van der Waals surface area (Å²) in [4.78, 5) is 23.0. The number of nitrogens with two attached hydrogens (primary N) is 2. The fourth-order valence-electron chi connectivity index (χ4n) is 2.53. The number of carbonyl (C=O) groups is 2. The number of carbonyl (C=O) groups excluding carboxylic acids is 2. The van der Waals surface area contributed by atoms with Crippen LogP contribution in [0.1, 0.15) is 20.7 Å². The Labute approximate surface area is 137 Å². The van der Waals surface area contributed by atoms with Gasteiger partial charge in [0, 0.05) is 16.6 Å². The van der Waals surface area contributed by atoms with Gasteiger partial charge in [-0.25, -0.2) is 0 Å². The SMILES string of the molecule is NC(=O)c1ccc(C(N)=O)c(Nc2cccc3ccc(O)cc23)c1. The number of benzene rings is 3. The zero-order chi connectivity index (χ0) is 17.3. The maximum absolute atomic E-state index is 11.6. The molecule has 3 aromatic rings.